The molecule has 3 aliphatic rings. The highest BCUT2D eigenvalue weighted by molar-refractivity contribution is 5.81. The maximum Gasteiger partial charge on any atom is 0.239 e. The van der Waals surface area contributed by atoms with E-state index >= 15 is 0 Å². The number of carbonyl (C=O) groups excluding carboxylic acids is 1. The fourth-order valence-electron chi connectivity index (χ4n) is 4.39. The van der Waals surface area contributed by atoms with Crippen molar-refractivity contribution in [3.8, 4) is 0 Å². The number of rotatable bonds is 3. The molecule has 1 unspecified atom stereocenters. The molecule has 0 aliphatic carbocycles. The fraction of sp³-hybridized carbons (Fsp3) is 0.944. The average molecular weight is 323 g/mol. The van der Waals surface area contributed by atoms with Gasteiger partial charge in [0.1, 0.15) is 0 Å². The van der Waals surface area contributed by atoms with Gasteiger partial charge in [-0.05, 0) is 57.7 Å². The van der Waals surface area contributed by atoms with E-state index in [4.69, 9.17) is 4.74 Å². The van der Waals surface area contributed by atoms with Crippen LogP contribution < -0.4 is 0 Å². The lowest BCUT2D eigenvalue weighted by atomic mass is 9.72. The smallest absolute Gasteiger partial charge is 0.239 e. The van der Waals surface area contributed by atoms with Crippen molar-refractivity contribution in [1.29, 1.82) is 0 Å². The Hall–Kier alpha value is -0.650. The molecule has 3 aliphatic heterocycles. The molecule has 0 bridgehead atoms. The first-order valence-electron chi connectivity index (χ1n) is 9.46. The molecular weight excluding hydrogens is 290 g/mol. The highest BCUT2D eigenvalue weighted by Crippen LogP contribution is 2.40. The molecule has 1 atom stereocenters. The van der Waals surface area contributed by atoms with Crippen molar-refractivity contribution in [2.75, 3.05) is 59.0 Å². The highest BCUT2D eigenvalue weighted by atomic mass is 16.5. The summed E-state index contributed by atoms with van der Waals surface area (Å²) in [5.41, 5.74) is 0.504. The van der Waals surface area contributed by atoms with Crippen molar-refractivity contribution in [3.63, 3.8) is 0 Å². The monoisotopic (exact) mass is 323 g/mol. The van der Waals surface area contributed by atoms with Crippen LogP contribution in [0.1, 0.15) is 39.5 Å². The van der Waals surface area contributed by atoms with E-state index in [2.05, 4.69) is 28.5 Å². The van der Waals surface area contributed by atoms with Gasteiger partial charge in [-0.3, -0.25) is 9.69 Å². The maximum absolute atomic E-state index is 12.8. The lowest BCUT2D eigenvalue weighted by molar-refractivity contribution is -0.139. The first-order valence-corrected chi connectivity index (χ1v) is 9.46. The van der Waals surface area contributed by atoms with Crippen molar-refractivity contribution in [2.24, 2.45) is 5.41 Å². The van der Waals surface area contributed by atoms with Crippen LogP contribution in [0.5, 0.6) is 0 Å². The first kappa shape index (κ1) is 17.2. The molecule has 0 N–H and O–H groups in total. The van der Waals surface area contributed by atoms with Crippen molar-refractivity contribution < 1.29 is 9.53 Å². The number of likely N-dealkylation sites (tertiary alicyclic amines) is 1. The van der Waals surface area contributed by atoms with Gasteiger partial charge in [-0.25, -0.2) is 0 Å². The van der Waals surface area contributed by atoms with Crippen molar-refractivity contribution in [3.05, 3.63) is 0 Å². The summed E-state index contributed by atoms with van der Waals surface area (Å²) in [5, 5.41) is 0. The van der Waals surface area contributed by atoms with Crippen LogP contribution in [0, 0.1) is 5.41 Å². The Morgan fingerprint density at radius 1 is 1.00 bits per heavy atom. The second kappa shape index (κ2) is 7.49. The number of likely N-dealkylation sites (N-methyl/N-ethyl adjacent to an activating group) is 1. The Morgan fingerprint density at radius 2 is 1.61 bits per heavy atom. The molecule has 0 saturated carbocycles. The molecular formula is C18H33N3O2. The zero-order chi connectivity index (χ0) is 16.3. The summed E-state index contributed by atoms with van der Waals surface area (Å²) < 4.78 is 5.53. The van der Waals surface area contributed by atoms with Gasteiger partial charge < -0.3 is 14.5 Å². The third kappa shape index (κ3) is 3.89. The van der Waals surface area contributed by atoms with Crippen molar-refractivity contribution in [1.82, 2.24) is 14.7 Å². The number of carbonyl (C=O) groups is 1. The number of hydrogen-bond donors (Lipinski definition) is 0. The first-order chi connectivity index (χ1) is 11.1. The van der Waals surface area contributed by atoms with Crippen LogP contribution in [0.2, 0.25) is 0 Å². The predicted octanol–water partition coefficient (Wildman–Crippen LogP) is 1.43. The fourth-order valence-corrected chi connectivity index (χ4v) is 4.39. The summed E-state index contributed by atoms with van der Waals surface area (Å²) in [4.78, 5) is 19.7. The topological polar surface area (TPSA) is 36.0 Å². The summed E-state index contributed by atoms with van der Waals surface area (Å²) in [6, 6.07) is 0.0420. The third-order valence-corrected chi connectivity index (χ3v) is 6.45. The van der Waals surface area contributed by atoms with E-state index in [1.807, 2.05) is 0 Å². The molecule has 3 saturated heterocycles. The largest absolute Gasteiger partial charge is 0.381 e. The molecule has 0 aromatic heterocycles. The van der Waals surface area contributed by atoms with Crippen LogP contribution in [0.4, 0.5) is 0 Å². The lowest BCUT2D eigenvalue weighted by Crippen LogP contribution is -2.56. The zero-order valence-electron chi connectivity index (χ0n) is 14.9. The molecule has 0 aromatic rings. The van der Waals surface area contributed by atoms with E-state index in [-0.39, 0.29) is 6.04 Å². The van der Waals surface area contributed by atoms with Gasteiger partial charge in [-0.2, -0.15) is 0 Å². The van der Waals surface area contributed by atoms with Gasteiger partial charge in [0.2, 0.25) is 5.91 Å². The van der Waals surface area contributed by atoms with E-state index in [0.717, 1.165) is 59.0 Å². The molecule has 3 rings (SSSR count). The minimum atomic E-state index is 0.0420. The van der Waals surface area contributed by atoms with E-state index in [1.54, 1.807) is 0 Å². The SMILES string of the molecule is CCN1CCN(C(=O)C(C)N2CCC3(CCOCC3)CC2)CC1. The van der Waals surface area contributed by atoms with Crippen LogP contribution in [0.25, 0.3) is 0 Å². The van der Waals surface area contributed by atoms with Gasteiger partial charge in [0.15, 0.2) is 0 Å². The number of nitrogens with zero attached hydrogens (tertiary/aromatic N) is 3. The number of piperazine rings is 1. The Bertz CT molecular complexity index is 391. The zero-order valence-corrected chi connectivity index (χ0v) is 14.9. The van der Waals surface area contributed by atoms with E-state index in [0.29, 0.717) is 11.3 Å². The summed E-state index contributed by atoms with van der Waals surface area (Å²) in [7, 11) is 0. The summed E-state index contributed by atoms with van der Waals surface area (Å²) in [6.45, 7) is 13.2. The quantitative estimate of drug-likeness (QED) is 0.787. The molecule has 23 heavy (non-hydrogen) atoms. The summed E-state index contributed by atoms with van der Waals surface area (Å²) >= 11 is 0. The Labute approximate surface area is 140 Å². The minimum Gasteiger partial charge on any atom is -0.381 e. The van der Waals surface area contributed by atoms with Gasteiger partial charge in [0, 0.05) is 39.4 Å². The van der Waals surface area contributed by atoms with E-state index in [9.17, 15) is 4.79 Å². The van der Waals surface area contributed by atoms with Crippen LogP contribution >= 0.6 is 0 Å². The number of hydrogen-bond acceptors (Lipinski definition) is 4. The molecule has 3 fully saturated rings. The molecule has 0 radical (unpaired) electrons. The average Bonchev–Trinajstić information content (AvgIpc) is 2.62. The van der Waals surface area contributed by atoms with Crippen LogP contribution in [-0.4, -0.2) is 85.7 Å². The van der Waals surface area contributed by atoms with E-state index < -0.39 is 0 Å². The Balaban J connectivity index is 1.49. The van der Waals surface area contributed by atoms with E-state index in [1.165, 1.54) is 25.7 Å². The molecule has 5 heteroatoms. The third-order valence-electron chi connectivity index (χ3n) is 6.45. The second-order valence-corrected chi connectivity index (χ2v) is 7.58. The maximum atomic E-state index is 12.8. The van der Waals surface area contributed by atoms with Crippen molar-refractivity contribution in [2.45, 2.75) is 45.6 Å². The van der Waals surface area contributed by atoms with Gasteiger partial charge in [0.05, 0.1) is 6.04 Å². The Kier molecular flexibility index (Phi) is 5.60. The van der Waals surface area contributed by atoms with Gasteiger partial charge in [-0.15, -0.1) is 0 Å². The highest BCUT2D eigenvalue weighted by Gasteiger charge is 2.38. The van der Waals surface area contributed by atoms with Crippen molar-refractivity contribution >= 4 is 5.91 Å². The van der Waals surface area contributed by atoms with Gasteiger partial charge >= 0.3 is 0 Å². The predicted molar refractivity (Wildman–Crippen MR) is 91.4 cm³/mol. The molecule has 1 amide bonds. The second-order valence-electron chi connectivity index (χ2n) is 7.58. The van der Waals surface area contributed by atoms with Gasteiger partial charge in [-0.1, -0.05) is 6.92 Å². The number of amides is 1. The standard InChI is InChI=1S/C18H33N3O2/c1-3-19-10-12-21(13-11-19)17(22)16(2)20-8-4-18(5-9-20)6-14-23-15-7-18/h16H,3-15H2,1-2H3. The minimum absolute atomic E-state index is 0.0420. The molecule has 3 heterocycles. The van der Waals surface area contributed by atoms with Crippen LogP contribution in [0.3, 0.4) is 0 Å². The molecule has 1 spiro atoms. The number of piperidine rings is 1. The number of ether oxygens (including phenoxy) is 1. The van der Waals surface area contributed by atoms with Crippen LogP contribution in [-0.2, 0) is 9.53 Å². The summed E-state index contributed by atoms with van der Waals surface area (Å²) in [5.74, 6) is 0.337. The molecule has 132 valence electrons. The Morgan fingerprint density at radius 3 is 2.17 bits per heavy atom. The molecule has 5 nitrogen and oxygen atoms in total. The normalized spacial score (nSPS) is 28.0. The van der Waals surface area contributed by atoms with Gasteiger partial charge in [0.25, 0.3) is 0 Å². The lowest BCUT2D eigenvalue weighted by Gasteiger charge is -2.46. The molecule has 0 aromatic carbocycles. The van der Waals surface area contributed by atoms with Crippen LogP contribution in [0.15, 0.2) is 0 Å². The summed E-state index contributed by atoms with van der Waals surface area (Å²) in [6.07, 6.45) is 4.89.